The van der Waals surface area contributed by atoms with Gasteiger partial charge in [-0.2, -0.15) is 0 Å². The molecule has 0 heterocycles. The number of rotatable bonds is 6. The van der Waals surface area contributed by atoms with E-state index in [-0.39, 0.29) is 5.97 Å². The van der Waals surface area contributed by atoms with Crippen LogP contribution < -0.4 is 4.48 Å². The summed E-state index contributed by atoms with van der Waals surface area (Å²) in [5.74, 6) is -0.352. The number of hydrogen-bond acceptors (Lipinski definition) is 2. The Labute approximate surface area is 103 Å². The molecule has 0 radical (unpaired) electrons. The number of esters is 1. The van der Waals surface area contributed by atoms with Crippen molar-refractivity contribution in [2.24, 2.45) is 0 Å². The van der Waals surface area contributed by atoms with E-state index >= 15 is 0 Å². The first-order valence-electron chi connectivity index (χ1n) is 5.74. The molecule has 0 aromatic heterocycles. The van der Waals surface area contributed by atoms with Gasteiger partial charge in [-0.25, -0.2) is 4.79 Å². The van der Waals surface area contributed by atoms with E-state index in [1.165, 1.54) is 11.8 Å². The smallest absolute Gasteiger partial charge is 0.330 e. The van der Waals surface area contributed by atoms with Crippen molar-refractivity contribution in [3.8, 4) is 0 Å². The molecule has 0 saturated heterocycles. The number of benzene rings is 1. The van der Waals surface area contributed by atoms with Crippen molar-refractivity contribution in [1.29, 1.82) is 0 Å². The van der Waals surface area contributed by atoms with Crippen molar-refractivity contribution in [1.82, 2.24) is 4.48 Å². The number of para-hydroxylation sites is 1. The fourth-order valence-corrected chi connectivity index (χ4v) is 1.65. The molecule has 1 aromatic carbocycles. The highest BCUT2D eigenvalue weighted by atomic mass is 16.5. The Kier molecular flexibility index (Phi) is 4.91. The molecule has 3 heteroatoms. The van der Waals surface area contributed by atoms with Gasteiger partial charge in [0.15, 0.2) is 0 Å². The van der Waals surface area contributed by atoms with Crippen LogP contribution in [0.15, 0.2) is 43.0 Å². The van der Waals surface area contributed by atoms with E-state index in [4.69, 9.17) is 4.74 Å². The maximum Gasteiger partial charge on any atom is 0.330 e. The van der Waals surface area contributed by atoms with Gasteiger partial charge in [0.2, 0.25) is 0 Å². The highest BCUT2D eigenvalue weighted by Crippen LogP contribution is 2.18. The summed E-state index contributed by atoms with van der Waals surface area (Å²) in [7, 11) is 4.29. The second kappa shape index (κ2) is 6.21. The zero-order valence-electron chi connectivity index (χ0n) is 10.6. The summed E-state index contributed by atoms with van der Waals surface area (Å²) >= 11 is 0. The topological polar surface area (TPSA) is 26.3 Å². The van der Waals surface area contributed by atoms with Crippen molar-refractivity contribution in [2.75, 3.05) is 27.2 Å². The molecule has 0 saturated carbocycles. The van der Waals surface area contributed by atoms with Gasteiger partial charge >= 0.3 is 5.97 Å². The van der Waals surface area contributed by atoms with Crippen LogP contribution in [-0.4, -0.2) is 33.2 Å². The Morgan fingerprint density at radius 2 is 2.00 bits per heavy atom. The maximum atomic E-state index is 10.9. The van der Waals surface area contributed by atoms with Crippen LogP contribution in [0.1, 0.15) is 6.42 Å². The largest absolute Gasteiger partial charge is 0.462 e. The summed E-state index contributed by atoms with van der Waals surface area (Å²) < 4.78 is 5.74. The standard InChI is InChI=1S/C14H20NO2/c1-4-14(16)17-12-8-11-15(2,3)13-9-6-5-7-10-13/h4-7,9-10H,1,8,11-12H2,2-3H3/q+1. The first-order chi connectivity index (χ1) is 8.06. The van der Waals surface area contributed by atoms with E-state index in [2.05, 4.69) is 32.8 Å². The van der Waals surface area contributed by atoms with Crippen LogP contribution in [0.25, 0.3) is 0 Å². The SMILES string of the molecule is C=CC(=O)OCCC[N+](C)(C)c1ccccc1. The summed E-state index contributed by atoms with van der Waals surface area (Å²) in [4.78, 5) is 10.9. The second-order valence-electron chi connectivity index (χ2n) is 4.47. The fourth-order valence-electron chi connectivity index (χ4n) is 1.65. The minimum atomic E-state index is -0.352. The number of carbonyl (C=O) groups excluding carboxylic acids is 1. The Balaban J connectivity index is 2.40. The molecule has 0 spiro atoms. The van der Waals surface area contributed by atoms with Crippen LogP contribution in [0, 0.1) is 0 Å². The van der Waals surface area contributed by atoms with Crippen LogP contribution in [-0.2, 0) is 9.53 Å². The summed E-state index contributed by atoms with van der Waals surface area (Å²) in [6.07, 6.45) is 2.03. The van der Waals surface area contributed by atoms with E-state index < -0.39 is 0 Å². The molecule has 1 aromatic rings. The molecule has 0 aliphatic rings. The maximum absolute atomic E-state index is 10.9. The highest BCUT2D eigenvalue weighted by molar-refractivity contribution is 5.81. The molecule has 17 heavy (non-hydrogen) atoms. The van der Waals surface area contributed by atoms with E-state index in [1.807, 2.05) is 18.2 Å². The number of carbonyl (C=O) groups is 1. The summed E-state index contributed by atoms with van der Waals surface area (Å²) in [5.41, 5.74) is 1.25. The third kappa shape index (κ3) is 4.41. The third-order valence-electron chi connectivity index (χ3n) is 2.73. The Bertz CT molecular complexity index is 371. The van der Waals surface area contributed by atoms with Gasteiger partial charge in [-0.15, -0.1) is 0 Å². The van der Waals surface area contributed by atoms with E-state index in [9.17, 15) is 4.79 Å². The van der Waals surface area contributed by atoms with Gasteiger partial charge in [-0.1, -0.05) is 24.8 Å². The van der Waals surface area contributed by atoms with E-state index in [0.29, 0.717) is 6.61 Å². The van der Waals surface area contributed by atoms with Crippen molar-refractivity contribution >= 4 is 11.7 Å². The van der Waals surface area contributed by atoms with Crippen molar-refractivity contribution in [3.63, 3.8) is 0 Å². The lowest BCUT2D eigenvalue weighted by Gasteiger charge is -2.29. The molecule has 0 aliphatic carbocycles. The van der Waals surface area contributed by atoms with Crippen molar-refractivity contribution in [2.45, 2.75) is 6.42 Å². The minimum Gasteiger partial charge on any atom is -0.462 e. The number of hydrogen-bond donors (Lipinski definition) is 0. The van der Waals surface area contributed by atoms with Crippen LogP contribution in [0.2, 0.25) is 0 Å². The quantitative estimate of drug-likeness (QED) is 0.327. The monoisotopic (exact) mass is 234 g/mol. The molecule has 1 rings (SSSR count). The summed E-state index contributed by atoms with van der Waals surface area (Å²) in [6, 6.07) is 10.3. The Morgan fingerprint density at radius 1 is 1.35 bits per heavy atom. The minimum absolute atomic E-state index is 0.352. The van der Waals surface area contributed by atoms with Gasteiger partial charge in [0.25, 0.3) is 0 Å². The highest BCUT2D eigenvalue weighted by Gasteiger charge is 2.17. The molecule has 0 N–H and O–H groups in total. The predicted molar refractivity (Wildman–Crippen MR) is 70.7 cm³/mol. The molecule has 3 nitrogen and oxygen atoms in total. The van der Waals surface area contributed by atoms with Crippen LogP contribution in [0.5, 0.6) is 0 Å². The van der Waals surface area contributed by atoms with Crippen LogP contribution in [0.4, 0.5) is 5.69 Å². The first kappa shape index (κ1) is 13.5. The van der Waals surface area contributed by atoms with Gasteiger partial charge in [0.1, 0.15) is 5.69 Å². The molecule has 0 bridgehead atoms. The van der Waals surface area contributed by atoms with E-state index in [1.54, 1.807) is 0 Å². The van der Waals surface area contributed by atoms with Gasteiger partial charge in [-0.3, -0.25) is 4.48 Å². The third-order valence-corrected chi connectivity index (χ3v) is 2.73. The Morgan fingerprint density at radius 3 is 2.59 bits per heavy atom. The van der Waals surface area contributed by atoms with Crippen LogP contribution in [0.3, 0.4) is 0 Å². The molecular weight excluding hydrogens is 214 g/mol. The summed E-state index contributed by atoms with van der Waals surface area (Å²) in [6.45, 7) is 4.73. The summed E-state index contributed by atoms with van der Waals surface area (Å²) in [5, 5.41) is 0. The lowest BCUT2D eigenvalue weighted by Crippen LogP contribution is -2.41. The predicted octanol–water partition coefficient (Wildman–Crippen LogP) is 2.37. The number of quaternary nitrogens is 1. The van der Waals surface area contributed by atoms with Gasteiger partial charge in [0.05, 0.1) is 27.2 Å². The van der Waals surface area contributed by atoms with Gasteiger partial charge in [-0.05, 0) is 12.1 Å². The average molecular weight is 234 g/mol. The molecular formula is C14H20NO2+. The zero-order valence-corrected chi connectivity index (χ0v) is 10.6. The van der Waals surface area contributed by atoms with Gasteiger partial charge in [0, 0.05) is 12.5 Å². The van der Waals surface area contributed by atoms with Crippen LogP contribution >= 0.6 is 0 Å². The average Bonchev–Trinajstić information content (AvgIpc) is 2.35. The molecule has 92 valence electrons. The van der Waals surface area contributed by atoms with E-state index in [0.717, 1.165) is 17.4 Å². The normalized spacial score (nSPS) is 10.9. The molecule has 0 unspecified atom stereocenters. The van der Waals surface area contributed by atoms with Crippen molar-refractivity contribution in [3.05, 3.63) is 43.0 Å². The number of ether oxygens (including phenoxy) is 1. The zero-order chi connectivity index (χ0) is 12.7. The molecule has 0 atom stereocenters. The molecule has 0 amide bonds. The molecule has 0 aliphatic heterocycles. The lowest BCUT2D eigenvalue weighted by atomic mass is 10.2. The fraction of sp³-hybridized carbons (Fsp3) is 0.357. The Hall–Kier alpha value is -1.61. The van der Waals surface area contributed by atoms with Gasteiger partial charge < -0.3 is 4.74 Å². The van der Waals surface area contributed by atoms with Crippen molar-refractivity contribution < 1.29 is 9.53 Å². The lowest BCUT2D eigenvalue weighted by molar-refractivity contribution is -0.137. The number of nitrogens with zero attached hydrogens (tertiary/aromatic N) is 1. The second-order valence-corrected chi connectivity index (χ2v) is 4.47. The molecule has 0 fully saturated rings. The first-order valence-corrected chi connectivity index (χ1v) is 5.74.